The summed E-state index contributed by atoms with van der Waals surface area (Å²) in [6, 6.07) is 0. The van der Waals surface area contributed by atoms with E-state index in [0.29, 0.717) is 25.7 Å². The lowest BCUT2D eigenvalue weighted by Gasteiger charge is -2.66. The number of rotatable bonds is 11. The lowest BCUT2D eigenvalue weighted by molar-refractivity contribution is -0.303. The molecule has 296 valence electrons. The molecule has 8 N–H and O–H groups in total. The first kappa shape index (κ1) is 40.2. The Bertz CT molecular complexity index is 1180. The molecule has 13 heteroatoms. The molecule has 20 atom stereocenters. The van der Waals surface area contributed by atoms with Gasteiger partial charge in [-0.3, -0.25) is 0 Å². The van der Waals surface area contributed by atoms with Crippen molar-refractivity contribution in [2.24, 2.45) is 46.3 Å². The first-order valence-corrected chi connectivity index (χ1v) is 19.5. The largest absolute Gasteiger partial charge is 0.394 e. The van der Waals surface area contributed by atoms with Gasteiger partial charge >= 0.3 is 0 Å². The molecule has 4 saturated carbocycles. The highest BCUT2D eigenvalue weighted by molar-refractivity contribution is 5.20. The van der Waals surface area contributed by atoms with Gasteiger partial charge in [0, 0.05) is 19.4 Å². The number of ether oxygens (including phenoxy) is 5. The van der Waals surface area contributed by atoms with Crippen molar-refractivity contribution in [1.29, 1.82) is 0 Å². The van der Waals surface area contributed by atoms with Crippen LogP contribution in [0.2, 0.25) is 0 Å². The fraction of sp³-hybridized carbons (Fsp3) is 1.00. The molecular formula is C38H66O13. The van der Waals surface area contributed by atoms with Gasteiger partial charge in [0.05, 0.1) is 43.2 Å². The molecule has 2 heterocycles. The van der Waals surface area contributed by atoms with E-state index in [2.05, 4.69) is 20.8 Å². The molecule has 6 aliphatic rings. The maximum absolute atomic E-state index is 12.8. The Labute approximate surface area is 302 Å². The van der Waals surface area contributed by atoms with Gasteiger partial charge in [0.1, 0.15) is 36.6 Å². The SMILES string of the molecule is COC1C(O[C@H]2CC[C@]3(C)C4CC[C@@]5(C)C([C@@H](O)C[C@@H]5[C@H](C)CC[C@H](OC5OC(CO)C(O)C5O)C(C)C)[C@]4(O)C[C@@H](O)[C@H]3C2)OCC(O)C1O. The molecule has 51 heavy (non-hydrogen) atoms. The zero-order valence-corrected chi connectivity index (χ0v) is 31.3. The summed E-state index contributed by atoms with van der Waals surface area (Å²) in [5.41, 5.74) is -1.92. The van der Waals surface area contributed by atoms with Gasteiger partial charge in [-0.15, -0.1) is 0 Å². The van der Waals surface area contributed by atoms with E-state index >= 15 is 0 Å². The van der Waals surface area contributed by atoms with Crippen LogP contribution in [0.5, 0.6) is 0 Å². The van der Waals surface area contributed by atoms with Crippen molar-refractivity contribution < 1.29 is 64.5 Å². The minimum atomic E-state index is -1.24. The third-order valence-corrected chi connectivity index (χ3v) is 14.9. The zero-order valence-electron chi connectivity index (χ0n) is 31.3. The average Bonchev–Trinajstić information content (AvgIpc) is 3.51. The molecule has 4 aliphatic carbocycles. The van der Waals surface area contributed by atoms with Crippen LogP contribution >= 0.6 is 0 Å². The quantitative estimate of drug-likeness (QED) is 0.140. The first-order chi connectivity index (χ1) is 24.0. The summed E-state index contributed by atoms with van der Waals surface area (Å²) in [6.45, 7) is 10.3. The molecule has 0 bridgehead atoms. The number of fused-ring (bicyclic) bond motifs is 5. The van der Waals surface area contributed by atoms with E-state index < -0.39 is 73.6 Å². The van der Waals surface area contributed by atoms with Crippen molar-refractivity contribution in [2.45, 2.75) is 172 Å². The highest BCUT2D eigenvalue weighted by atomic mass is 16.7. The van der Waals surface area contributed by atoms with Crippen LogP contribution in [-0.2, 0) is 23.7 Å². The maximum Gasteiger partial charge on any atom is 0.186 e. The van der Waals surface area contributed by atoms with Crippen molar-refractivity contribution in [3.63, 3.8) is 0 Å². The summed E-state index contributed by atoms with van der Waals surface area (Å²) in [6.07, 6.45) is -4.26. The van der Waals surface area contributed by atoms with Gasteiger partial charge < -0.3 is 64.5 Å². The Morgan fingerprint density at radius 3 is 2.18 bits per heavy atom. The molecule has 13 nitrogen and oxygen atoms in total. The molecule has 2 aliphatic heterocycles. The predicted molar refractivity (Wildman–Crippen MR) is 183 cm³/mol. The fourth-order valence-electron chi connectivity index (χ4n) is 12.2. The fourth-order valence-corrected chi connectivity index (χ4v) is 12.2. The Morgan fingerprint density at radius 2 is 1.53 bits per heavy atom. The van der Waals surface area contributed by atoms with Gasteiger partial charge in [-0.2, -0.15) is 0 Å². The second-order valence-corrected chi connectivity index (χ2v) is 18.0. The van der Waals surface area contributed by atoms with Crippen molar-refractivity contribution >= 4 is 0 Å². The summed E-state index contributed by atoms with van der Waals surface area (Å²) in [7, 11) is 1.45. The van der Waals surface area contributed by atoms with E-state index in [1.165, 1.54) is 7.11 Å². The van der Waals surface area contributed by atoms with E-state index in [-0.39, 0.29) is 71.6 Å². The molecule has 2 saturated heterocycles. The van der Waals surface area contributed by atoms with Crippen LogP contribution in [0.25, 0.3) is 0 Å². The zero-order chi connectivity index (χ0) is 37.2. The van der Waals surface area contributed by atoms with E-state index in [0.717, 1.165) is 25.7 Å². The molecule has 0 aromatic heterocycles. The maximum atomic E-state index is 12.8. The van der Waals surface area contributed by atoms with Crippen LogP contribution in [0.3, 0.4) is 0 Å². The van der Waals surface area contributed by atoms with Crippen LogP contribution in [0.1, 0.15) is 92.4 Å². The summed E-state index contributed by atoms with van der Waals surface area (Å²) in [5.74, 6) is -0.129. The van der Waals surface area contributed by atoms with Crippen molar-refractivity contribution in [1.82, 2.24) is 0 Å². The smallest absolute Gasteiger partial charge is 0.186 e. The lowest BCUT2D eigenvalue weighted by Crippen LogP contribution is -2.68. The van der Waals surface area contributed by atoms with Gasteiger partial charge in [-0.25, -0.2) is 0 Å². The Hall–Kier alpha value is -0.520. The van der Waals surface area contributed by atoms with Crippen LogP contribution in [0, 0.1) is 46.3 Å². The lowest BCUT2D eigenvalue weighted by atomic mass is 9.42. The molecular weight excluding hydrogens is 664 g/mol. The van der Waals surface area contributed by atoms with E-state index in [1.807, 2.05) is 13.8 Å². The van der Waals surface area contributed by atoms with Crippen LogP contribution in [-0.4, -0.2) is 140 Å². The number of hydrogen-bond donors (Lipinski definition) is 8. The van der Waals surface area contributed by atoms with Crippen LogP contribution < -0.4 is 0 Å². The average molecular weight is 731 g/mol. The molecule has 0 radical (unpaired) electrons. The Balaban J connectivity index is 1.12. The molecule has 10 unspecified atom stereocenters. The molecule has 0 amide bonds. The third kappa shape index (κ3) is 6.97. The van der Waals surface area contributed by atoms with Crippen molar-refractivity contribution in [2.75, 3.05) is 20.3 Å². The third-order valence-electron chi connectivity index (χ3n) is 14.9. The van der Waals surface area contributed by atoms with Crippen LogP contribution in [0.15, 0.2) is 0 Å². The van der Waals surface area contributed by atoms with Gasteiger partial charge in [0.2, 0.25) is 0 Å². The number of aliphatic hydroxyl groups excluding tert-OH is 7. The van der Waals surface area contributed by atoms with E-state index in [9.17, 15) is 40.9 Å². The summed E-state index contributed by atoms with van der Waals surface area (Å²) in [4.78, 5) is 0. The first-order valence-electron chi connectivity index (χ1n) is 19.5. The highest BCUT2D eigenvalue weighted by Crippen LogP contribution is 2.70. The summed E-state index contributed by atoms with van der Waals surface area (Å²) in [5, 5.41) is 87.1. The molecule has 0 aromatic rings. The van der Waals surface area contributed by atoms with Crippen molar-refractivity contribution in [3.8, 4) is 0 Å². The van der Waals surface area contributed by atoms with Gasteiger partial charge in [0.25, 0.3) is 0 Å². The molecule has 0 aromatic carbocycles. The number of methoxy groups -OCH3 is 1. The van der Waals surface area contributed by atoms with Crippen LogP contribution in [0.4, 0.5) is 0 Å². The normalized spacial score (nSPS) is 52.6. The molecule has 6 rings (SSSR count). The second kappa shape index (κ2) is 15.2. The van der Waals surface area contributed by atoms with E-state index in [1.54, 1.807) is 0 Å². The standard InChI is InChI=1S/C38H66O13/c1-18(2)26(50-34-31(45)30(44)27(16-39)51-34)8-7-19(3)21-14-23(40)33-37(21,5)12-10-28-36(4)11-9-20(13-22(36)24(41)15-38(28,33)46)49-35-32(47-6)29(43)25(42)17-48-35/h18-35,39-46H,7-17H2,1-6H3/t19-,20+,21-,22-,23+,24-,25?,26+,27?,28?,29?,30?,31?,32?,33?,34?,35?,36+,37-,38+/m1/s1. The second-order valence-electron chi connectivity index (χ2n) is 18.0. The minimum absolute atomic E-state index is 0.0537. The Kier molecular flexibility index (Phi) is 12.0. The van der Waals surface area contributed by atoms with Crippen molar-refractivity contribution in [3.05, 3.63) is 0 Å². The van der Waals surface area contributed by atoms with Gasteiger partial charge in [-0.1, -0.05) is 34.6 Å². The number of hydrogen-bond acceptors (Lipinski definition) is 13. The Morgan fingerprint density at radius 1 is 0.824 bits per heavy atom. The van der Waals surface area contributed by atoms with Gasteiger partial charge in [0.15, 0.2) is 12.6 Å². The topological polar surface area (TPSA) is 208 Å². The highest BCUT2D eigenvalue weighted by Gasteiger charge is 2.71. The van der Waals surface area contributed by atoms with E-state index in [4.69, 9.17) is 23.7 Å². The summed E-state index contributed by atoms with van der Waals surface area (Å²) < 4.78 is 29.3. The van der Waals surface area contributed by atoms with Gasteiger partial charge in [-0.05, 0) is 91.8 Å². The molecule has 6 fully saturated rings. The summed E-state index contributed by atoms with van der Waals surface area (Å²) >= 11 is 0. The predicted octanol–water partition coefficient (Wildman–Crippen LogP) is 1.08. The number of aliphatic hydroxyl groups is 8. The monoisotopic (exact) mass is 730 g/mol. The molecule has 0 spiro atoms. The minimum Gasteiger partial charge on any atom is -0.394 e.